The summed E-state index contributed by atoms with van der Waals surface area (Å²) in [6.07, 6.45) is 3.66. The van der Waals surface area contributed by atoms with E-state index < -0.39 is 0 Å². The van der Waals surface area contributed by atoms with Gasteiger partial charge in [-0.25, -0.2) is 0 Å². The van der Waals surface area contributed by atoms with Crippen LogP contribution in [0.1, 0.15) is 5.56 Å². The summed E-state index contributed by atoms with van der Waals surface area (Å²) in [7, 11) is 0. The van der Waals surface area contributed by atoms with E-state index in [1.165, 1.54) is 0 Å². The van der Waals surface area contributed by atoms with Crippen molar-refractivity contribution in [2.75, 3.05) is 0 Å². The minimum atomic E-state index is 0.645. The van der Waals surface area contributed by atoms with Crippen LogP contribution in [-0.4, -0.2) is 9.38 Å². The Morgan fingerprint density at radius 2 is 2.00 bits per heavy atom. The Hall–Kier alpha value is -2.34. The van der Waals surface area contributed by atoms with Gasteiger partial charge in [0.05, 0.1) is 11.0 Å². The van der Waals surface area contributed by atoms with Gasteiger partial charge < -0.3 is 4.40 Å². The minimum Gasteiger partial charge on any atom is -0.314 e. The monoisotopic (exact) mass is 193 g/mol. The molecule has 0 aliphatic carbocycles. The number of aromatic nitrogens is 2. The first kappa shape index (κ1) is 8.01. The Morgan fingerprint density at radius 1 is 1.13 bits per heavy atom. The van der Waals surface area contributed by atoms with E-state index in [2.05, 4.69) is 11.1 Å². The van der Waals surface area contributed by atoms with Crippen LogP contribution >= 0.6 is 0 Å². The van der Waals surface area contributed by atoms with Crippen molar-refractivity contribution in [1.82, 2.24) is 9.38 Å². The molecule has 0 unspecified atom stereocenters. The average molecular weight is 193 g/mol. The van der Waals surface area contributed by atoms with Gasteiger partial charge in [0.2, 0.25) is 0 Å². The van der Waals surface area contributed by atoms with Gasteiger partial charge in [-0.3, -0.25) is 4.98 Å². The van der Waals surface area contributed by atoms with Gasteiger partial charge in [-0.15, -0.1) is 0 Å². The molecule has 3 heteroatoms. The highest BCUT2D eigenvalue weighted by Crippen LogP contribution is 2.23. The van der Waals surface area contributed by atoms with Crippen LogP contribution in [-0.2, 0) is 0 Å². The second kappa shape index (κ2) is 2.82. The minimum absolute atomic E-state index is 0.645. The largest absolute Gasteiger partial charge is 0.314 e. The maximum atomic E-state index is 9.12. The van der Waals surface area contributed by atoms with E-state index >= 15 is 0 Å². The van der Waals surface area contributed by atoms with Crippen LogP contribution in [0.2, 0.25) is 0 Å². The molecule has 3 aromatic rings. The van der Waals surface area contributed by atoms with Crippen LogP contribution in [0.3, 0.4) is 0 Å². The van der Waals surface area contributed by atoms with Crippen LogP contribution in [0.15, 0.2) is 42.7 Å². The molecule has 0 atom stereocenters. The summed E-state index contributed by atoms with van der Waals surface area (Å²) in [6, 6.07) is 11.9. The number of hydrogen-bond donors (Lipinski definition) is 0. The van der Waals surface area contributed by atoms with Crippen molar-refractivity contribution in [3.8, 4) is 6.07 Å². The van der Waals surface area contributed by atoms with E-state index in [1.807, 2.05) is 40.9 Å². The Bertz CT molecular complexity index is 635. The van der Waals surface area contributed by atoms with Gasteiger partial charge in [0.25, 0.3) is 0 Å². The fourth-order valence-electron chi connectivity index (χ4n) is 1.87. The van der Waals surface area contributed by atoms with E-state index in [-0.39, 0.29) is 0 Å². The van der Waals surface area contributed by atoms with Gasteiger partial charge in [0, 0.05) is 12.4 Å². The topological polar surface area (TPSA) is 41.1 Å². The molecule has 0 aliphatic heterocycles. The lowest BCUT2D eigenvalue weighted by molar-refractivity contribution is 1.25. The van der Waals surface area contributed by atoms with Crippen molar-refractivity contribution in [3.05, 3.63) is 48.3 Å². The highest BCUT2D eigenvalue weighted by atomic mass is 14.9. The second-order valence-electron chi connectivity index (χ2n) is 3.31. The Morgan fingerprint density at radius 3 is 2.87 bits per heavy atom. The maximum absolute atomic E-state index is 9.12. The molecular formula is C12H7N3. The SMILES string of the molecule is N#Cc1c2ncccc2n2ccccc12. The second-order valence-corrected chi connectivity index (χ2v) is 3.31. The van der Waals surface area contributed by atoms with Crippen LogP contribution in [0, 0.1) is 11.3 Å². The molecule has 0 amide bonds. The normalized spacial score (nSPS) is 10.6. The van der Waals surface area contributed by atoms with Crippen molar-refractivity contribution in [2.45, 2.75) is 0 Å². The van der Waals surface area contributed by atoms with Gasteiger partial charge >= 0.3 is 0 Å². The summed E-state index contributed by atoms with van der Waals surface area (Å²) in [5.74, 6) is 0. The zero-order valence-electron chi connectivity index (χ0n) is 7.88. The Kier molecular flexibility index (Phi) is 1.51. The van der Waals surface area contributed by atoms with Gasteiger partial charge in [-0.1, -0.05) is 6.07 Å². The van der Waals surface area contributed by atoms with Crippen LogP contribution in [0.25, 0.3) is 16.6 Å². The molecule has 0 fully saturated rings. The first-order chi connectivity index (χ1) is 7.42. The summed E-state index contributed by atoms with van der Waals surface area (Å²) in [5, 5.41) is 9.12. The quantitative estimate of drug-likeness (QED) is 0.550. The first-order valence-electron chi connectivity index (χ1n) is 4.65. The third-order valence-electron chi connectivity index (χ3n) is 2.51. The molecule has 3 heterocycles. The summed E-state index contributed by atoms with van der Waals surface area (Å²) in [4.78, 5) is 4.25. The molecule has 0 bridgehead atoms. The molecular weight excluding hydrogens is 186 g/mol. The molecule has 3 nitrogen and oxygen atoms in total. The lowest BCUT2D eigenvalue weighted by Gasteiger charge is -1.93. The van der Waals surface area contributed by atoms with Crippen molar-refractivity contribution in [2.24, 2.45) is 0 Å². The van der Waals surface area contributed by atoms with Gasteiger partial charge in [0.1, 0.15) is 17.1 Å². The summed E-state index contributed by atoms with van der Waals surface area (Å²) < 4.78 is 1.99. The van der Waals surface area contributed by atoms with Crippen LogP contribution < -0.4 is 0 Å². The van der Waals surface area contributed by atoms with E-state index in [0.717, 1.165) is 16.6 Å². The van der Waals surface area contributed by atoms with Crippen LogP contribution in [0.5, 0.6) is 0 Å². The first-order valence-corrected chi connectivity index (χ1v) is 4.65. The number of nitriles is 1. The maximum Gasteiger partial charge on any atom is 0.107 e. The molecule has 0 aromatic carbocycles. The molecule has 0 saturated carbocycles. The van der Waals surface area contributed by atoms with E-state index in [4.69, 9.17) is 5.26 Å². The highest BCUT2D eigenvalue weighted by molar-refractivity contribution is 5.91. The summed E-state index contributed by atoms with van der Waals surface area (Å²) in [5.41, 5.74) is 3.30. The van der Waals surface area contributed by atoms with Crippen molar-refractivity contribution in [3.63, 3.8) is 0 Å². The fraction of sp³-hybridized carbons (Fsp3) is 0. The predicted octanol–water partition coefficient (Wildman–Crippen LogP) is 2.36. The molecule has 0 radical (unpaired) electrons. The van der Waals surface area contributed by atoms with Crippen LogP contribution in [0.4, 0.5) is 0 Å². The third kappa shape index (κ3) is 0.960. The lowest BCUT2D eigenvalue weighted by atomic mass is 10.2. The summed E-state index contributed by atoms with van der Waals surface area (Å²) >= 11 is 0. The Labute approximate surface area is 86.2 Å². The standard InChI is InChI=1S/C12H7N3/c13-8-9-10-4-1-2-7-15(10)11-5-3-6-14-12(9)11/h1-7H. The molecule has 3 rings (SSSR count). The number of nitrogens with zero attached hydrogens (tertiary/aromatic N) is 3. The summed E-state index contributed by atoms with van der Waals surface area (Å²) in [6.45, 7) is 0. The van der Waals surface area contributed by atoms with E-state index in [0.29, 0.717) is 5.56 Å². The van der Waals surface area contributed by atoms with E-state index in [1.54, 1.807) is 6.20 Å². The smallest absolute Gasteiger partial charge is 0.107 e. The van der Waals surface area contributed by atoms with Crippen molar-refractivity contribution < 1.29 is 0 Å². The van der Waals surface area contributed by atoms with Gasteiger partial charge in [-0.05, 0) is 24.3 Å². The lowest BCUT2D eigenvalue weighted by Crippen LogP contribution is -1.81. The molecule has 0 spiro atoms. The number of pyridine rings is 2. The average Bonchev–Trinajstić information content (AvgIpc) is 2.63. The Balaban J connectivity index is 2.70. The van der Waals surface area contributed by atoms with Crippen molar-refractivity contribution >= 4 is 16.6 Å². The molecule has 3 aromatic heterocycles. The number of hydrogen-bond acceptors (Lipinski definition) is 2. The third-order valence-corrected chi connectivity index (χ3v) is 2.51. The zero-order valence-corrected chi connectivity index (χ0v) is 7.88. The molecule has 0 saturated heterocycles. The van der Waals surface area contributed by atoms with Gasteiger partial charge in [0.15, 0.2) is 0 Å². The van der Waals surface area contributed by atoms with Gasteiger partial charge in [-0.2, -0.15) is 5.26 Å². The molecule has 70 valence electrons. The molecule has 0 aliphatic rings. The van der Waals surface area contributed by atoms with E-state index in [9.17, 15) is 0 Å². The fourth-order valence-corrected chi connectivity index (χ4v) is 1.87. The zero-order chi connectivity index (χ0) is 10.3. The highest BCUT2D eigenvalue weighted by Gasteiger charge is 2.10. The number of fused-ring (bicyclic) bond motifs is 3. The number of rotatable bonds is 0. The van der Waals surface area contributed by atoms with Crippen molar-refractivity contribution in [1.29, 1.82) is 5.26 Å². The molecule has 15 heavy (non-hydrogen) atoms. The predicted molar refractivity (Wildman–Crippen MR) is 57.4 cm³/mol. The molecule has 0 N–H and O–H groups in total.